The maximum absolute atomic E-state index is 13.2. The maximum atomic E-state index is 13.2. The smallest absolute Gasteiger partial charge is 0.270 e. The zero-order valence-corrected chi connectivity index (χ0v) is 17.2. The van der Waals surface area contributed by atoms with Crippen molar-refractivity contribution in [2.45, 2.75) is 6.54 Å². The number of fused-ring (bicyclic) bond motifs is 1. The van der Waals surface area contributed by atoms with Crippen LogP contribution in [0.5, 0.6) is 0 Å². The minimum Gasteiger partial charge on any atom is -0.360 e. The molecule has 3 aromatic rings. The molecule has 1 N–H and O–H groups in total. The molecule has 0 fully saturated rings. The lowest BCUT2D eigenvalue weighted by atomic mass is 10.2. The van der Waals surface area contributed by atoms with E-state index >= 15 is 0 Å². The summed E-state index contributed by atoms with van der Waals surface area (Å²) in [5.41, 5.74) is 1.52. The SMILES string of the molecule is O=C1C(=CNc2ccc(Cl)cc2)S(=O)(=O)N(Cc2ccc(F)cc2)c2ccsc21. The van der Waals surface area contributed by atoms with Crippen LogP contribution in [0.2, 0.25) is 5.02 Å². The molecule has 0 saturated heterocycles. The summed E-state index contributed by atoms with van der Waals surface area (Å²) in [7, 11) is -4.11. The first-order valence-corrected chi connectivity index (χ1v) is 11.2. The highest BCUT2D eigenvalue weighted by atomic mass is 35.5. The van der Waals surface area contributed by atoms with Gasteiger partial charge in [0.2, 0.25) is 5.78 Å². The zero-order chi connectivity index (χ0) is 20.6. The molecule has 2 heterocycles. The molecular weight excluding hydrogens is 435 g/mol. The minimum absolute atomic E-state index is 0.0160. The number of benzene rings is 2. The Morgan fingerprint density at radius 1 is 1.07 bits per heavy atom. The molecule has 2 aromatic carbocycles. The van der Waals surface area contributed by atoms with Crippen LogP contribution in [0.15, 0.2) is 71.1 Å². The predicted molar refractivity (Wildman–Crippen MR) is 113 cm³/mol. The molecule has 1 aromatic heterocycles. The number of nitrogens with one attached hydrogen (secondary N) is 1. The lowest BCUT2D eigenvalue weighted by molar-refractivity contribution is 0.104. The Morgan fingerprint density at radius 2 is 1.76 bits per heavy atom. The first kappa shape index (κ1) is 19.6. The van der Waals surface area contributed by atoms with Crippen LogP contribution in [0.1, 0.15) is 15.2 Å². The fraction of sp³-hybridized carbons (Fsp3) is 0.0500. The number of halogens is 2. The van der Waals surface area contributed by atoms with Crippen LogP contribution in [0, 0.1) is 5.82 Å². The molecular formula is C20H14ClFN2O3S2. The van der Waals surface area contributed by atoms with Gasteiger partial charge in [-0.1, -0.05) is 23.7 Å². The number of hydrogen-bond donors (Lipinski definition) is 1. The van der Waals surface area contributed by atoms with Gasteiger partial charge < -0.3 is 5.32 Å². The van der Waals surface area contributed by atoms with Gasteiger partial charge in [0.15, 0.2) is 4.91 Å². The van der Waals surface area contributed by atoms with Crippen molar-refractivity contribution in [3.8, 4) is 0 Å². The lowest BCUT2D eigenvalue weighted by Crippen LogP contribution is -2.38. The van der Waals surface area contributed by atoms with Crippen LogP contribution in [-0.2, 0) is 16.6 Å². The highest BCUT2D eigenvalue weighted by Crippen LogP contribution is 2.39. The third-order valence-electron chi connectivity index (χ3n) is 4.36. The predicted octanol–water partition coefficient (Wildman–Crippen LogP) is 5.03. The number of carbonyl (C=O) groups is 1. The van der Waals surface area contributed by atoms with E-state index < -0.39 is 21.6 Å². The number of sulfonamides is 1. The van der Waals surface area contributed by atoms with Gasteiger partial charge in [0.25, 0.3) is 10.0 Å². The van der Waals surface area contributed by atoms with Gasteiger partial charge in [0.05, 0.1) is 12.2 Å². The Bertz CT molecular complexity index is 1200. The second-order valence-corrected chi connectivity index (χ2v) is 9.45. The number of Topliss-reactive ketones (excluding diaryl/α,β-unsaturated/α-hetero) is 1. The van der Waals surface area contributed by atoms with E-state index in [4.69, 9.17) is 11.6 Å². The number of anilines is 2. The van der Waals surface area contributed by atoms with Crippen molar-refractivity contribution < 1.29 is 17.6 Å². The third-order valence-corrected chi connectivity index (χ3v) is 7.28. The number of rotatable bonds is 4. The van der Waals surface area contributed by atoms with Gasteiger partial charge in [-0.05, 0) is 53.4 Å². The number of thiophene rings is 1. The number of hydrogen-bond acceptors (Lipinski definition) is 5. The molecule has 9 heteroatoms. The summed E-state index contributed by atoms with van der Waals surface area (Å²) in [6, 6.07) is 13.8. The fourth-order valence-electron chi connectivity index (χ4n) is 2.91. The van der Waals surface area contributed by atoms with Gasteiger partial charge >= 0.3 is 0 Å². The summed E-state index contributed by atoms with van der Waals surface area (Å²) in [6.45, 7) is -0.0160. The topological polar surface area (TPSA) is 66.5 Å². The van der Waals surface area contributed by atoms with Crippen LogP contribution in [-0.4, -0.2) is 14.2 Å². The summed E-state index contributed by atoms with van der Waals surface area (Å²) in [5, 5.41) is 5.06. The molecule has 5 nitrogen and oxygen atoms in total. The Morgan fingerprint density at radius 3 is 2.45 bits per heavy atom. The van der Waals surface area contributed by atoms with Gasteiger partial charge in [-0.3, -0.25) is 9.10 Å². The van der Waals surface area contributed by atoms with Crippen molar-refractivity contribution in [2.75, 3.05) is 9.62 Å². The molecule has 0 bridgehead atoms. The summed E-state index contributed by atoms with van der Waals surface area (Å²) < 4.78 is 40.8. The largest absolute Gasteiger partial charge is 0.360 e. The van der Waals surface area contributed by atoms with E-state index in [0.29, 0.717) is 26.8 Å². The molecule has 1 aliphatic rings. The second-order valence-electron chi connectivity index (χ2n) is 6.26. The fourth-order valence-corrected chi connectivity index (χ4v) is 5.52. The highest BCUT2D eigenvalue weighted by molar-refractivity contribution is 7.97. The molecule has 148 valence electrons. The molecule has 0 unspecified atom stereocenters. The van der Waals surface area contributed by atoms with E-state index in [1.54, 1.807) is 35.7 Å². The van der Waals surface area contributed by atoms with Crippen LogP contribution in [0.25, 0.3) is 0 Å². The van der Waals surface area contributed by atoms with E-state index in [-0.39, 0.29) is 11.4 Å². The standard InChI is InChI=1S/C20H14ClFN2O3S2/c21-14-3-7-16(8-4-14)23-11-18-19(25)20-17(9-10-28-20)24(29(18,26)27)12-13-1-5-15(22)6-2-13/h1-11,23H,12H2. The van der Waals surface area contributed by atoms with Crippen molar-refractivity contribution in [3.63, 3.8) is 0 Å². The van der Waals surface area contributed by atoms with Crippen LogP contribution >= 0.6 is 22.9 Å². The normalized spacial score (nSPS) is 16.7. The average molecular weight is 449 g/mol. The van der Waals surface area contributed by atoms with Gasteiger partial charge in [-0.25, -0.2) is 12.8 Å². The summed E-state index contributed by atoms with van der Waals surface area (Å²) in [4.78, 5) is 12.8. The Hall–Kier alpha value is -2.68. The molecule has 4 rings (SSSR count). The second kappa shape index (κ2) is 7.62. The van der Waals surface area contributed by atoms with Crippen LogP contribution < -0.4 is 9.62 Å². The summed E-state index contributed by atoms with van der Waals surface area (Å²) in [6.07, 6.45) is 1.20. The van der Waals surface area contributed by atoms with Crippen molar-refractivity contribution >= 4 is 50.1 Å². The molecule has 0 amide bonds. The van der Waals surface area contributed by atoms with E-state index in [0.717, 1.165) is 0 Å². The Balaban J connectivity index is 1.73. The third kappa shape index (κ3) is 3.78. The molecule has 29 heavy (non-hydrogen) atoms. The number of ketones is 1. The maximum Gasteiger partial charge on any atom is 0.270 e. The van der Waals surface area contributed by atoms with Crippen molar-refractivity contribution in [3.05, 3.63) is 92.4 Å². The first-order valence-electron chi connectivity index (χ1n) is 8.48. The van der Waals surface area contributed by atoms with Gasteiger partial charge in [0, 0.05) is 16.9 Å². The average Bonchev–Trinajstić information content (AvgIpc) is 3.17. The molecule has 1 aliphatic heterocycles. The highest BCUT2D eigenvalue weighted by Gasteiger charge is 2.41. The van der Waals surface area contributed by atoms with Crippen molar-refractivity contribution in [1.82, 2.24) is 0 Å². The van der Waals surface area contributed by atoms with Crippen LogP contribution in [0.3, 0.4) is 0 Å². The number of nitrogens with zero attached hydrogens (tertiary/aromatic N) is 1. The first-order chi connectivity index (χ1) is 13.9. The molecule has 0 saturated carbocycles. The number of allylic oxidation sites excluding steroid dienone is 1. The zero-order valence-electron chi connectivity index (χ0n) is 14.8. The Labute approximate surface area is 176 Å². The van der Waals surface area contributed by atoms with Gasteiger partial charge in [-0.2, -0.15) is 0 Å². The monoisotopic (exact) mass is 448 g/mol. The minimum atomic E-state index is -4.11. The van der Waals surface area contributed by atoms with Crippen molar-refractivity contribution in [2.24, 2.45) is 0 Å². The summed E-state index contributed by atoms with van der Waals surface area (Å²) >= 11 is 7.03. The molecule has 0 spiro atoms. The van der Waals surface area contributed by atoms with Crippen LogP contribution in [0.4, 0.5) is 15.8 Å². The van der Waals surface area contributed by atoms with E-state index in [9.17, 15) is 17.6 Å². The Kier molecular flexibility index (Phi) is 5.16. The van der Waals surface area contributed by atoms with Crippen molar-refractivity contribution in [1.29, 1.82) is 0 Å². The van der Waals surface area contributed by atoms with Gasteiger partial charge in [0.1, 0.15) is 10.7 Å². The number of carbonyl (C=O) groups excluding carboxylic acids is 1. The molecule has 0 aliphatic carbocycles. The molecule has 0 atom stereocenters. The van der Waals surface area contributed by atoms with E-state index in [1.807, 2.05) is 0 Å². The van der Waals surface area contributed by atoms with E-state index in [2.05, 4.69) is 5.32 Å². The van der Waals surface area contributed by atoms with Gasteiger partial charge in [-0.15, -0.1) is 11.3 Å². The molecule has 0 radical (unpaired) electrons. The lowest BCUT2D eigenvalue weighted by Gasteiger charge is -2.29. The summed E-state index contributed by atoms with van der Waals surface area (Å²) in [5.74, 6) is -0.971. The van der Waals surface area contributed by atoms with E-state index in [1.165, 1.54) is 46.1 Å². The quantitative estimate of drug-likeness (QED) is 0.568.